The van der Waals surface area contributed by atoms with E-state index in [2.05, 4.69) is 14.4 Å². The van der Waals surface area contributed by atoms with Gasteiger partial charge in [-0.05, 0) is 5.56 Å². The van der Waals surface area contributed by atoms with Crippen molar-refractivity contribution in [2.45, 2.75) is 17.8 Å². The fourth-order valence-electron chi connectivity index (χ4n) is 2.99. The Morgan fingerprint density at radius 3 is 2.00 bits per heavy atom. The van der Waals surface area contributed by atoms with Crippen LogP contribution < -0.4 is 0 Å². The third-order valence-electron chi connectivity index (χ3n) is 4.36. The Morgan fingerprint density at radius 2 is 1.47 bits per heavy atom. The zero-order chi connectivity index (χ0) is 22.9. The van der Waals surface area contributed by atoms with Crippen LogP contribution in [0.4, 0.5) is 5.69 Å². The average Bonchev–Trinajstić information content (AvgIpc) is 2.79. The van der Waals surface area contributed by atoms with Gasteiger partial charge in [-0.2, -0.15) is 0 Å². The maximum atomic E-state index is 12.8. The summed E-state index contributed by atoms with van der Waals surface area (Å²) in [5.41, 5.74) is 9.96. The molecule has 32 heavy (non-hydrogen) atoms. The van der Waals surface area contributed by atoms with Crippen LogP contribution in [0.5, 0.6) is 0 Å². The number of nitrogens with zero attached hydrogens (tertiary/aromatic N) is 2. The van der Waals surface area contributed by atoms with Crippen molar-refractivity contribution < 1.29 is 30.7 Å². The second-order valence-electron chi connectivity index (χ2n) is 6.50. The third-order valence-corrected chi connectivity index (χ3v) is 5.61. The van der Waals surface area contributed by atoms with E-state index < -0.39 is 32.8 Å². The molecule has 0 aliphatic rings. The molecule has 0 spiro atoms. The summed E-state index contributed by atoms with van der Waals surface area (Å²) >= 11 is 1.82. The fraction of sp³-hybridized carbons (Fsp3) is 0.136. The number of nitro benzene ring substituents is 1. The molecule has 1 N–H and O–H groups in total. The van der Waals surface area contributed by atoms with E-state index in [0.29, 0.717) is 11.1 Å². The minimum Gasteiger partial charge on any atom is -0.672 e. The smallest absolute Gasteiger partial charge is 0.269 e. The van der Waals surface area contributed by atoms with Gasteiger partial charge in [0.25, 0.3) is 5.69 Å². The average molecular weight is 561 g/mol. The molecule has 0 saturated carbocycles. The predicted octanol–water partition coefficient (Wildman–Crippen LogP) is 6.47. The molecule has 3 rings (SSSR count). The van der Waals surface area contributed by atoms with Crippen LogP contribution in [-0.4, -0.2) is 13.3 Å². The van der Waals surface area contributed by atoms with Crippen molar-refractivity contribution in [2.24, 2.45) is 0 Å². The predicted molar refractivity (Wildman–Crippen MR) is 124 cm³/mol. The summed E-state index contributed by atoms with van der Waals surface area (Å²) in [6.07, 6.45) is 0. The summed E-state index contributed by atoms with van der Waals surface area (Å²) in [5.74, 6) is -0.473. The van der Waals surface area contributed by atoms with Gasteiger partial charge in [0.15, 0.2) is 0 Å². The van der Waals surface area contributed by atoms with Gasteiger partial charge in [-0.15, -0.1) is 12.1 Å². The summed E-state index contributed by atoms with van der Waals surface area (Å²) in [5, 5.41) is 10.9. The van der Waals surface area contributed by atoms with Crippen LogP contribution in [0.2, 0.25) is 0 Å². The molecule has 0 aliphatic carbocycles. The largest absolute Gasteiger partial charge is 0.672 e. The fourth-order valence-corrected chi connectivity index (χ4v) is 4.25. The molecule has 2 atom stereocenters. The number of nitro groups is 1. The molecule has 170 valence electrons. The van der Waals surface area contributed by atoms with Gasteiger partial charge in [-0.1, -0.05) is 83.9 Å². The molecule has 3 aromatic carbocycles. The maximum Gasteiger partial charge on any atom is 0.269 e. The molecule has 0 amide bonds. The SMILES string of the molecule is [CH3-].[Cl][Ru+3].[NH-]C(c1ccccc1)C([N-]S(=O)(=O)Cc1cccc([N+](=O)[O-])c1)c1ccccc1. The van der Waals surface area contributed by atoms with Gasteiger partial charge in [-0.25, -0.2) is 8.42 Å². The van der Waals surface area contributed by atoms with Crippen LogP contribution >= 0.6 is 9.69 Å². The second-order valence-corrected chi connectivity index (χ2v) is 8.17. The molecule has 10 heteroatoms. The molecule has 0 saturated heterocycles. The minimum atomic E-state index is -4.00. The van der Waals surface area contributed by atoms with Crippen LogP contribution in [0.1, 0.15) is 28.8 Å². The molecular formula is C22H22ClN3O4RuS. The first kappa shape index (κ1) is 27.9. The standard InChI is InChI=1S/C21H19N3O4S.CH3.ClH.Ru/c22-20(17-9-3-1-4-10-17)21(18-11-5-2-6-12-18)23-29(27,28)15-16-8-7-13-19(14-16)24(25)26;;;/h1-14,20-22H,15H2;1H3;1H;/q-2;-1;;+4/p-1. The number of halogens is 1. The van der Waals surface area contributed by atoms with Crippen molar-refractivity contribution in [3.63, 3.8) is 0 Å². The van der Waals surface area contributed by atoms with E-state index >= 15 is 0 Å². The Bertz CT molecular complexity index is 1090. The van der Waals surface area contributed by atoms with E-state index in [0.717, 1.165) is 0 Å². The molecule has 3 aromatic rings. The normalized spacial score (nSPS) is 12.4. The molecule has 0 fully saturated rings. The van der Waals surface area contributed by atoms with Crippen molar-refractivity contribution in [1.82, 2.24) is 0 Å². The van der Waals surface area contributed by atoms with E-state index in [-0.39, 0.29) is 18.7 Å². The van der Waals surface area contributed by atoms with Gasteiger partial charge >= 0.3 is 27.0 Å². The molecule has 2 unspecified atom stereocenters. The van der Waals surface area contributed by atoms with E-state index in [1.807, 2.05) is 23.4 Å². The van der Waals surface area contributed by atoms with Crippen molar-refractivity contribution in [2.75, 3.05) is 0 Å². The van der Waals surface area contributed by atoms with Gasteiger partial charge in [0.05, 0.1) is 20.7 Å². The van der Waals surface area contributed by atoms with Gasteiger partial charge in [0, 0.05) is 12.1 Å². The first-order valence-corrected chi connectivity index (χ1v) is 12.8. The zero-order valence-electron chi connectivity index (χ0n) is 17.1. The number of non-ortho nitro benzene ring substituents is 1. The second kappa shape index (κ2) is 13.4. The number of rotatable bonds is 8. The van der Waals surface area contributed by atoms with Crippen LogP contribution in [-0.2, 0) is 33.1 Å². The Labute approximate surface area is 202 Å². The van der Waals surface area contributed by atoms with Crippen molar-refractivity contribution in [3.8, 4) is 0 Å². The number of sulfonamides is 1. The van der Waals surface area contributed by atoms with E-state index in [9.17, 15) is 18.5 Å². The summed E-state index contributed by atoms with van der Waals surface area (Å²) in [6.45, 7) is 0. The molecule has 0 aliphatic heterocycles. The van der Waals surface area contributed by atoms with Crippen LogP contribution in [0, 0.1) is 17.5 Å². The Balaban J connectivity index is 0.00000166. The van der Waals surface area contributed by atoms with E-state index in [1.54, 1.807) is 54.6 Å². The van der Waals surface area contributed by atoms with Crippen LogP contribution in [0.3, 0.4) is 0 Å². The Morgan fingerprint density at radius 1 is 0.938 bits per heavy atom. The van der Waals surface area contributed by atoms with Gasteiger partial charge in [0.1, 0.15) is 0 Å². The first-order valence-electron chi connectivity index (χ1n) is 8.98. The number of nitrogens with one attached hydrogen (secondary N) is 1. The van der Waals surface area contributed by atoms with Gasteiger partial charge in [0.2, 0.25) is 0 Å². The summed E-state index contributed by atoms with van der Waals surface area (Å²) in [7, 11) is 0.574. The van der Waals surface area contributed by atoms with Crippen LogP contribution in [0.25, 0.3) is 10.5 Å². The third kappa shape index (κ3) is 8.08. The molecular weight excluding hydrogens is 539 g/mol. The molecule has 0 bridgehead atoms. The molecule has 0 radical (unpaired) electrons. The maximum absolute atomic E-state index is 12.8. The zero-order valence-corrected chi connectivity index (χ0v) is 20.4. The Kier molecular flexibility index (Phi) is 11.7. The van der Waals surface area contributed by atoms with Crippen molar-refractivity contribution in [1.29, 1.82) is 0 Å². The Hall–Kier alpha value is -2.16. The van der Waals surface area contributed by atoms with Crippen molar-refractivity contribution >= 4 is 25.4 Å². The van der Waals surface area contributed by atoms with Crippen LogP contribution in [0.15, 0.2) is 84.9 Å². The topological polar surface area (TPSA) is 115 Å². The quantitative estimate of drug-likeness (QED) is 0.136. The van der Waals surface area contributed by atoms with E-state index in [1.165, 1.54) is 24.3 Å². The monoisotopic (exact) mass is 561 g/mol. The van der Waals surface area contributed by atoms with Crippen molar-refractivity contribution in [3.05, 3.63) is 130 Å². The minimum absolute atomic E-state index is 0. The van der Waals surface area contributed by atoms with Gasteiger partial charge < -0.3 is 17.9 Å². The van der Waals surface area contributed by atoms with E-state index in [4.69, 9.17) is 5.73 Å². The summed E-state index contributed by atoms with van der Waals surface area (Å²) in [4.78, 5) is 10.4. The summed E-state index contributed by atoms with van der Waals surface area (Å²) < 4.78 is 29.6. The number of hydrogen-bond donors (Lipinski definition) is 0. The van der Waals surface area contributed by atoms with Gasteiger partial charge in [-0.3, -0.25) is 10.1 Å². The molecule has 0 aromatic heterocycles. The molecule has 7 nitrogen and oxygen atoms in total. The summed E-state index contributed by atoms with van der Waals surface area (Å²) in [6, 6.07) is 21.4. The number of benzene rings is 3. The first-order chi connectivity index (χ1) is 14.9. The number of hydrogen-bond acceptors (Lipinski definition) is 4. The molecule has 0 heterocycles.